The molecule has 0 bridgehead atoms. The smallest absolute Gasteiger partial charge is 0.0731 e. The van der Waals surface area contributed by atoms with Crippen LogP contribution in [-0.4, -0.2) is 29.3 Å². The lowest BCUT2D eigenvalue weighted by atomic mass is 10.3. The molecule has 76 valence electrons. The monoisotopic (exact) mass is 193 g/mol. The summed E-state index contributed by atoms with van der Waals surface area (Å²) in [7, 11) is 0. The highest BCUT2D eigenvalue weighted by Gasteiger charge is 2.20. The van der Waals surface area contributed by atoms with E-state index in [1.807, 2.05) is 12.1 Å². The summed E-state index contributed by atoms with van der Waals surface area (Å²) >= 11 is 0. The summed E-state index contributed by atoms with van der Waals surface area (Å²) in [5.41, 5.74) is 7.52. The third kappa shape index (κ3) is 1.86. The van der Waals surface area contributed by atoms with Crippen molar-refractivity contribution in [2.24, 2.45) is 5.73 Å². The summed E-state index contributed by atoms with van der Waals surface area (Å²) in [5, 5.41) is 9.41. The van der Waals surface area contributed by atoms with Gasteiger partial charge in [0.2, 0.25) is 0 Å². The van der Waals surface area contributed by atoms with Crippen LogP contribution in [0.25, 0.3) is 0 Å². The van der Waals surface area contributed by atoms with Crippen molar-refractivity contribution in [3.8, 4) is 0 Å². The van der Waals surface area contributed by atoms with Crippen LogP contribution in [0.2, 0.25) is 0 Å². The van der Waals surface area contributed by atoms with Gasteiger partial charge in [0.1, 0.15) is 0 Å². The first-order chi connectivity index (χ1) is 6.79. The zero-order valence-corrected chi connectivity index (χ0v) is 8.06. The molecule has 1 saturated heterocycles. The van der Waals surface area contributed by atoms with Gasteiger partial charge >= 0.3 is 0 Å². The summed E-state index contributed by atoms with van der Waals surface area (Å²) < 4.78 is 0. The second-order valence-corrected chi connectivity index (χ2v) is 3.60. The molecule has 1 aliphatic heterocycles. The van der Waals surface area contributed by atoms with Gasteiger partial charge in [-0.2, -0.15) is 0 Å². The molecule has 3 N–H and O–H groups in total. The Hall–Kier alpha value is -1.13. The number of aliphatic hydroxyl groups excluding tert-OH is 1. The number of anilines is 1. The molecule has 1 aromatic rings. The number of pyridine rings is 1. The first kappa shape index (κ1) is 9.43. The fraction of sp³-hybridized carbons (Fsp3) is 0.500. The lowest BCUT2D eigenvalue weighted by Gasteiger charge is -2.17. The molecule has 14 heavy (non-hydrogen) atoms. The van der Waals surface area contributed by atoms with Gasteiger partial charge in [0.25, 0.3) is 0 Å². The maximum atomic E-state index is 9.41. The highest BCUT2D eigenvalue weighted by molar-refractivity contribution is 5.47. The van der Waals surface area contributed by atoms with Gasteiger partial charge in [-0.3, -0.25) is 4.98 Å². The minimum absolute atomic E-state index is 0.190. The SMILES string of the molecule is NCc1cc(N2CCC(O)C2)ccn1. The largest absolute Gasteiger partial charge is 0.391 e. The Kier molecular flexibility index (Phi) is 2.65. The maximum absolute atomic E-state index is 9.41. The van der Waals surface area contributed by atoms with Crippen molar-refractivity contribution in [1.29, 1.82) is 0 Å². The molecule has 0 spiro atoms. The molecule has 2 heterocycles. The van der Waals surface area contributed by atoms with E-state index in [2.05, 4.69) is 9.88 Å². The Morgan fingerprint density at radius 2 is 2.50 bits per heavy atom. The molecule has 1 atom stereocenters. The molecule has 0 radical (unpaired) electrons. The van der Waals surface area contributed by atoms with E-state index in [4.69, 9.17) is 5.73 Å². The van der Waals surface area contributed by atoms with Gasteiger partial charge < -0.3 is 15.7 Å². The number of hydrogen-bond donors (Lipinski definition) is 2. The molecular weight excluding hydrogens is 178 g/mol. The predicted octanol–water partition coefficient (Wildman–Crippen LogP) is 0.111. The molecule has 2 rings (SSSR count). The zero-order chi connectivity index (χ0) is 9.97. The highest BCUT2D eigenvalue weighted by Crippen LogP contribution is 2.20. The van der Waals surface area contributed by atoms with Crippen LogP contribution in [-0.2, 0) is 6.54 Å². The van der Waals surface area contributed by atoms with Crippen LogP contribution in [0.4, 0.5) is 5.69 Å². The number of rotatable bonds is 2. The molecule has 0 saturated carbocycles. The van der Waals surface area contributed by atoms with E-state index in [9.17, 15) is 5.11 Å². The Morgan fingerprint density at radius 1 is 1.64 bits per heavy atom. The number of aliphatic hydroxyl groups is 1. The van der Waals surface area contributed by atoms with Crippen LogP contribution in [0.15, 0.2) is 18.3 Å². The average Bonchev–Trinajstić information content (AvgIpc) is 2.65. The van der Waals surface area contributed by atoms with Crippen LogP contribution in [0.1, 0.15) is 12.1 Å². The van der Waals surface area contributed by atoms with Gasteiger partial charge in [-0.1, -0.05) is 0 Å². The lowest BCUT2D eigenvalue weighted by molar-refractivity contribution is 0.198. The fourth-order valence-corrected chi connectivity index (χ4v) is 1.75. The number of nitrogens with two attached hydrogens (primary N) is 1. The van der Waals surface area contributed by atoms with E-state index < -0.39 is 0 Å². The lowest BCUT2D eigenvalue weighted by Crippen LogP contribution is -2.21. The van der Waals surface area contributed by atoms with E-state index in [1.54, 1.807) is 6.20 Å². The van der Waals surface area contributed by atoms with E-state index in [0.29, 0.717) is 13.1 Å². The van der Waals surface area contributed by atoms with Crippen LogP contribution in [0.5, 0.6) is 0 Å². The molecule has 4 heteroatoms. The van der Waals surface area contributed by atoms with E-state index >= 15 is 0 Å². The van der Waals surface area contributed by atoms with Gasteiger partial charge in [-0.05, 0) is 18.6 Å². The zero-order valence-electron chi connectivity index (χ0n) is 8.06. The summed E-state index contributed by atoms with van der Waals surface area (Å²) in [4.78, 5) is 6.29. The van der Waals surface area contributed by atoms with Gasteiger partial charge in [0.05, 0.1) is 11.8 Å². The maximum Gasteiger partial charge on any atom is 0.0731 e. The average molecular weight is 193 g/mol. The summed E-state index contributed by atoms with van der Waals surface area (Å²) in [6, 6.07) is 3.94. The van der Waals surface area contributed by atoms with E-state index in [0.717, 1.165) is 24.3 Å². The second-order valence-electron chi connectivity index (χ2n) is 3.60. The topological polar surface area (TPSA) is 62.4 Å². The summed E-state index contributed by atoms with van der Waals surface area (Å²) in [6.45, 7) is 2.09. The van der Waals surface area contributed by atoms with E-state index in [-0.39, 0.29) is 6.10 Å². The van der Waals surface area contributed by atoms with E-state index in [1.165, 1.54) is 0 Å². The quantitative estimate of drug-likeness (QED) is 0.700. The number of aromatic nitrogens is 1. The Morgan fingerprint density at radius 3 is 3.14 bits per heavy atom. The van der Waals surface area contributed by atoms with Crippen LogP contribution >= 0.6 is 0 Å². The second kappa shape index (κ2) is 3.94. The molecule has 0 amide bonds. The number of β-amino-alcohol motifs (C(OH)–C–C–N with tert-alkyl or cyclic N) is 1. The minimum atomic E-state index is -0.190. The van der Waals surface area contributed by atoms with Gasteiger partial charge in [0, 0.05) is 31.5 Å². The van der Waals surface area contributed by atoms with Crippen molar-refractivity contribution >= 4 is 5.69 Å². The first-order valence-electron chi connectivity index (χ1n) is 4.87. The molecule has 0 aliphatic carbocycles. The Labute approximate surface area is 83.4 Å². The minimum Gasteiger partial charge on any atom is -0.391 e. The standard InChI is InChI=1S/C10H15N3O/c11-6-8-5-9(1-3-12-8)13-4-2-10(14)7-13/h1,3,5,10,14H,2,4,6-7,11H2. The third-order valence-corrected chi connectivity index (χ3v) is 2.54. The first-order valence-corrected chi connectivity index (χ1v) is 4.87. The number of nitrogens with zero attached hydrogens (tertiary/aromatic N) is 2. The van der Waals surface area contributed by atoms with Crippen LogP contribution < -0.4 is 10.6 Å². The molecule has 1 fully saturated rings. The van der Waals surface area contributed by atoms with Crippen molar-refractivity contribution in [2.45, 2.75) is 19.1 Å². The highest BCUT2D eigenvalue weighted by atomic mass is 16.3. The van der Waals surface area contributed by atoms with Crippen molar-refractivity contribution in [2.75, 3.05) is 18.0 Å². The van der Waals surface area contributed by atoms with Gasteiger partial charge in [-0.15, -0.1) is 0 Å². The number of hydrogen-bond acceptors (Lipinski definition) is 4. The van der Waals surface area contributed by atoms with Gasteiger partial charge in [-0.25, -0.2) is 0 Å². The van der Waals surface area contributed by atoms with Crippen molar-refractivity contribution in [3.05, 3.63) is 24.0 Å². The van der Waals surface area contributed by atoms with Crippen LogP contribution in [0.3, 0.4) is 0 Å². The van der Waals surface area contributed by atoms with Gasteiger partial charge in [0.15, 0.2) is 0 Å². The molecule has 1 unspecified atom stereocenters. The molecule has 4 nitrogen and oxygen atoms in total. The van der Waals surface area contributed by atoms with Crippen molar-refractivity contribution < 1.29 is 5.11 Å². The fourth-order valence-electron chi connectivity index (χ4n) is 1.75. The van der Waals surface area contributed by atoms with Crippen molar-refractivity contribution in [3.63, 3.8) is 0 Å². The summed E-state index contributed by atoms with van der Waals surface area (Å²) in [6.07, 6.45) is 2.42. The third-order valence-electron chi connectivity index (χ3n) is 2.54. The molecule has 0 aromatic carbocycles. The molecule has 1 aliphatic rings. The molecular formula is C10H15N3O. The van der Waals surface area contributed by atoms with Crippen LogP contribution in [0, 0.1) is 0 Å². The Bertz CT molecular complexity index is 316. The molecule has 1 aromatic heterocycles. The predicted molar refractivity (Wildman–Crippen MR) is 55.0 cm³/mol. The summed E-state index contributed by atoms with van der Waals surface area (Å²) in [5.74, 6) is 0. The Balaban J connectivity index is 2.15. The normalized spacial score (nSPS) is 21.6. The van der Waals surface area contributed by atoms with Crippen molar-refractivity contribution in [1.82, 2.24) is 4.98 Å².